The average molecular weight is 220 g/mol. The number of hydrogen-bond donors (Lipinski definition) is 2. The Labute approximate surface area is 84.7 Å². The average Bonchev–Trinajstić information content (AvgIpc) is 2.17. The van der Waals surface area contributed by atoms with E-state index in [1.165, 1.54) is 6.20 Å². The molecular weight excluding hydrogens is 209 g/mol. The predicted octanol–water partition coefficient (Wildman–Crippen LogP) is 1.48. The molecule has 0 radical (unpaired) electrons. The van der Waals surface area contributed by atoms with Gasteiger partial charge in [-0.25, -0.2) is 0 Å². The summed E-state index contributed by atoms with van der Waals surface area (Å²) in [5.41, 5.74) is 4.08. The largest absolute Gasteiger partial charge is 0.418 e. The van der Waals surface area contributed by atoms with E-state index in [4.69, 9.17) is 5.73 Å². The summed E-state index contributed by atoms with van der Waals surface area (Å²) in [6.07, 6.45) is -3.69. The summed E-state index contributed by atoms with van der Waals surface area (Å²) in [5.74, 6) is 0. The molecule has 1 aromatic rings. The Bertz CT molecular complexity index is 327. The summed E-state index contributed by atoms with van der Waals surface area (Å²) in [5, 5.41) is 9.46. The zero-order valence-electron chi connectivity index (χ0n) is 7.83. The number of aromatic nitrogens is 1. The zero-order chi connectivity index (χ0) is 11.5. The van der Waals surface area contributed by atoms with Gasteiger partial charge in [-0.1, -0.05) is 0 Å². The second-order valence-electron chi connectivity index (χ2n) is 3.05. The van der Waals surface area contributed by atoms with Crippen LogP contribution < -0.4 is 5.73 Å². The van der Waals surface area contributed by atoms with Gasteiger partial charge >= 0.3 is 6.18 Å². The summed E-state index contributed by atoms with van der Waals surface area (Å²) in [4.78, 5) is 3.39. The Balaban J connectivity index is 3.06. The van der Waals surface area contributed by atoms with Crippen LogP contribution >= 0.6 is 0 Å². The van der Waals surface area contributed by atoms with E-state index < -0.39 is 17.8 Å². The fourth-order valence-corrected chi connectivity index (χ4v) is 1.25. The third-order valence-corrected chi connectivity index (χ3v) is 1.96. The van der Waals surface area contributed by atoms with Crippen molar-refractivity contribution < 1.29 is 18.3 Å². The van der Waals surface area contributed by atoms with Crippen molar-refractivity contribution in [3.05, 3.63) is 29.6 Å². The van der Waals surface area contributed by atoms with E-state index in [0.29, 0.717) is 6.20 Å². The van der Waals surface area contributed by atoms with Crippen molar-refractivity contribution in [3.63, 3.8) is 0 Å². The minimum atomic E-state index is -4.50. The summed E-state index contributed by atoms with van der Waals surface area (Å²) in [6, 6.07) is 1.16. The molecule has 15 heavy (non-hydrogen) atoms. The molecule has 0 aliphatic rings. The first-order chi connectivity index (χ1) is 6.96. The lowest BCUT2D eigenvalue weighted by Gasteiger charge is -2.16. The molecular formula is C9H11F3N2O. The van der Waals surface area contributed by atoms with Gasteiger partial charge in [-0.3, -0.25) is 4.98 Å². The summed E-state index contributed by atoms with van der Waals surface area (Å²) < 4.78 is 37.4. The van der Waals surface area contributed by atoms with E-state index >= 15 is 0 Å². The van der Waals surface area contributed by atoms with E-state index in [9.17, 15) is 18.3 Å². The molecule has 1 atom stereocenters. The standard InChI is InChI=1S/C9H11F3N2O/c10-9(11,12)7-5-14-4-2-6(7)8(15)1-3-13/h2,4-5,8,15H,1,3,13H2/t8-/m1/s1. The van der Waals surface area contributed by atoms with Crippen molar-refractivity contribution in [1.29, 1.82) is 0 Å². The first-order valence-electron chi connectivity index (χ1n) is 4.36. The molecule has 0 spiro atoms. The second kappa shape index (κ2) is 4.59. The molecule has 1 heterocycles. The van der Waals surface area contributed by atoms with Crippen molar-refractivity contribution in [3.8, 4) is 0 Å². The summed E-state index contributed by atoms with van der Waals surface area (Å²) in [7, 11) is 0. The molecule has 1 aromatic heterocycles. The highest BCUT2D eigenvalue weighted by molar-refractivity contribution is 5.28. The van der Waals surface area contributed by atoms with Gasteiger partial charge in [0, 0.05) is 12.4 Å². The molecule has 0 saturated carbocycles. The number of alkyl halides is 3. The normalized spacial score (nSPS) is 13.9. The van der Waals surface area contributed by atoms with Crippen LogP contribution in [0.15, 0.2) is 18.5 Å². The highest BCUT2D eigenvalue weighted by atomic mass is 19.4. The Kier molecular flexibility index (Phi) is 3.65. The minimum absolute atomic E-state index is 0.0904. The molecule has 0 aliphatic carbocycles. The molecule has 0 aromatic carbocycles. The zero-order valence-corrected chi connectivity index (χ0v) is 7.83. The Morgan fingerprint density at radius 2 is 2.13 bits per heavy atom. The van der Waals surface area contributed by atoms with Crippen LogP contribution in [0.5, 0.6) is 0 Å². The first kappa shape index (κ1) is 11.9. The van der Waals surface area contributed by atoms with E-state index in [1.807, 2.05) is 0 Å². The number of aliphatic hydroxyl groups is 1. The van der Waals surface area contributed by atoms with E-state index in [1.54, 1.807) is 0 Å². The lowest BCUT2D eigenvalue weighted by Crippen LogP contribution is -2.14. The fraction of sp³-hybridized carbons (Fsp3) is 0.444. The maximum atomic E-state index is 12.5. The smallest absolute Gasteiger partial charge is 0.388 e. The quantitative estimate of drug-likeness (QED) is 0.811. The minimum Gasteiger partial charge on any atom is -0.388 e. The highest BCUT2D eigenvalue weighted by Crippen LogP contribution is 2.34. The molecule has 3 N–H and O–H groups in total. The Morgan fingerprint density at radius 3 is 2.67 bits per heavy atom. The van der Waals surface area contributed by atoms with Gasteiger partial charge in [0.25, 0.3) is 0 Å². The number of hydrogen-bond acceptors (Lipinski definition) is 3. The molecule has 0 aliphatic heterocycles. The molecule has 3 nitrogen and oxygen atoms in total. The second-order valence-corrected chi connectivity index (χ2v) is 3.05. The first-order valence-corrected chi connectivity index (χ1v) is 4.36. The van der Waals surface area contributed by atoms with Gasteiger partial charge in [-0.15, -0.1) is 0 Å². The van der Waals surface area contributed by atoms with Crippen LogP contribution in [0.2, 0.25) is 0 Å². The number of pyridine rings is 1. The SMILES string of the molecule is NCC[C@@H](O)c1ccncc1C(F)(F)F. The topological polar surface area (TPSA) is 59.1 Å². The molecule has 0 fully saturated rings. The van der Waals surface area contributed by atoms with Gasteiger partial charge in [0.05, 0.1) is 11.7 Å². The monoisotopic (exact) mass is 220 g/mol. The van der Waals surface area contributed by atoms with Crippen molar-refractivity contribution in [2.75, 3.05) is 6.54 Å². The third-order valence-electron chi connectivity index (χ3n) is 1.96. The Hall–Kier alpha value is -1.14. The fourth-order valence-electron chi connectivity index (χ4n) is 1.25. The molecule has 84 valence electrons. The van der Waals surface area contributed by atoms with Gasteiger partial charge < -0.3 is 10.8 Å². The molecule has 0 unspecified atom stereocenters. The molecule has 0 amide bonds. The van der Waals surface area contributed by atoms with Crippen LogP contribution in [0, 0.1) is 0 Å². The number of nitrogens with two attached hydrogens (primary N) is 1. The number of rotatable bonds is 3. The predicted molar refractivity (Wildman–Crippen MR) is 47.9 cm³/mol. The van der Waals surface area contributed by atoms with Crippen LogP contribution in [0.1, 0.15) is 23.7 Å². The van der Waals surface area contributed by atoms with Crippen molar-refractivity contribution in [2.24, 2.45) is 5.73 Å². The molecule has 0 bridgehead atoms. The van der Waals surface area contributed by atoms with Gasteiger partial charge in [0.1, 0.15) is 0 Å². The van der Waals surface area contributed by atoms with Crippen LogP contribution in [-0.4, -0.2) is 16.6 Å². The van der Waals surface area contributed by atoms with Crippen LogP contribution in [-0.2, 0) is 6.18 Å². The van der Waals surface area contributed by atoms with Crippen molar-refractivity contribution in [2.45, 2.75) is 18.7 Å². The lowest BCUT2D eigenvalue weighted by atomic mass is 10.0. The lowest BCUT2D eigenvalue weighted by molar-refractivity contribution is -0.139. The van der Waals surface area contributed by atoms with E-state index in [-0.39, 0.29) is 18.5 Å². The van der Waals surface area contributed by atoms with Crippen molar-refractivity contribution >= 4 is 0 Å². The maximum absolute atomic E-state index is 12.5. The van der Waals surface area contributed by atoms with E-state index in [2.05, 4.69) is 4.98 Å². The van der Waals surface area contributed by atoms with Crippen LogP contribution in [0.3, 0.4) is 0 Å². The highest BCUT2D eigenvalue weighted by Gasteiger charge is 2.34. The third kappa shape index (κ3) is 2.90. The maximum Gasteiger partial charge on any atom is 0.418 e. The Morgan fingerprint density at radius 1 is 1.47 bits per heavy atom. The summed E-state index contributed by atoms with van der Waals surface area (Å²) >= 11 is 0. The van der Waals surface area contributed by atoms with Crippen LogP contribution in [0.4, 0.5) is 13.2 Å². The van der Waals surface area contributed by atoms with Crippen molar-refractivity contribution in [1.82, 2.24) is 4.98 Å². The number of halogens is 3. The molecule has 1 rings (SSSR count). The van der Waals surface area contributed by atoms with Gasteiger partial charge in [-0.05, 0) is 24.6 Å². The van der Waals surface area contributed by atoms with Crippen LogP contribution in [0.25, 0.3) is 0 Å². The van der Waals surface area contributed by atoms with E-state index in [0.717, 1.165) is 6.07 Å². The van der Waals surface area contributed by atoms with Gasteiger partial charge in [0.15, 0.2) is 0 Å². The number of nitrogens with zero attached hydrogens (tertiary/aromatic N) is 1. The summed E-state index contributed by atoms with van der Waals surface area (Å²) in [6.45, 7) is 0.126. The van der Waals surface area contributed by atoms with Gasteiger partial charge in [0.2, 0.25) is 0 Å². The number of aliphatic hydroxyl groups excluding tert-OH is 1. The van der Waals surface area contributed by atoms with Gasteiger partial charge in [-0.2, -0.15) is 13.2 Å². The molecule has 6 heteroatoms. The molecule has 0 saturated heterocycles.